The van der Waals surface area contributed by atoms with Gasteiger partial charge in [0.05, 0.1) is 6.54 Å². The third kappa shape index (κ3) is 4.08. The van der Waals surface area contributed by atoms with E-state index in [4.69, 9.17) is 4.42 Å². The van der Waals surface area contributed by atoms with Gasteiger partial charge in [0.1, 0.15) is 5.52 Å². The fourth-order valence-electron chi connectivity index (χ4n) is 3.10. The number of anilines is 2. The van der Waals surface area contributed by atoms with Gasteiger partial charge in [-0.25, -0.2) is 0 Å². The lowest BCUT2D eigenvalue weighted by Crippen LogP contribution is -2.05. The Hall–Kier alpha value is -3.52. The van der Waals surface area contributed by atoms with Gasteiger partial charge in [0.15, 0.2) is 5.58 Å². The minimum atomic E-state index is 0.469. The Labute approximate surface area is 180 Å². The predicted octanol–water partition coefficient (Wildman–Crippen LogP) is 5.23. The number of fused-ring (bicyclic) bond motifs is 1. The molecule has 0 saturated carbocycles. The third-order valence-corrected chi connectivity index (χ3v) is 5.13. The first-order chi connectivity index (χ1) is 14.7. The van der Waals surface area contributed by atoms with Gasteiger partial charge < -0.3 is 9.73 Å². The summed E-state index contributed by atoms with van der Waals surface area (Å²) in [4.78, 5) is 6.09. The number of nitrogens with one attached hydrogen (secondary N) is 1. The first-order valence-corrected chi connectivity index (χ1v) is 10.3. The molecule has 3 aromatic carbocycles. The van der Waals surface area contributed by atoms with Gasteiger partial charge in [-0.15, -0.1) is 10.2 Å². The summed E-state index contributed by atoms with van der Waals surface area (Å²) in [5.74, 6) is 0.639. The molecule has 0 fully saturated rings. The van der Waals surface area contributed by atoms with Crippen LogP contribution in [-0.2, 0) is 13.0 Å². The molecule has 5 aromatic rings. The number of aromatic nitrogens is 5. The fraction of sp³-hybridized carbons (Fsp3) is 0.0909. The summed E-state index contributed by atoms with van der Waals surface area (Å²) >= 11 is 3.44. The summed E-state index contributed by atoms with van der Waals surface area (Å²) in [5, 5.41) is 15.9. The molecule has 0 amide bonds. The van der Waals surface area contributed by atoms with Gasteiger partial charge in [-0.2, -0.15) is 9.78 Å². The van der Waals surface area contributed by atoms with Gasteiger partial charge in [0.2, 0.25) is 5.82 Å². The smallest absolute Gasteiger partial charge is 0.300 e. The SMILES string of the molecule is Brc1ccc2oc(Nc3ccc(CCn4nnc(-c5ccccc5)n4)cc3)nc2c1. The monoisotopic (exact) mass is 460 g/mol. The van der Waals surface area contributed by atoms with E-state index in [-0.39, 0.29) is 0 Å². The molecule has 0 aliphatic heterocycles. The molecule has 0 spiro atoms. The van der Waals surface area contributed by atoms with Crippen LogP contribution in [0, 0.1) is 0 Å². The second-order valence-corrected chi connectivity index (χ2v) is 7.69. The van der Waals surface area contributed by atoms with E-state index < -0.39 is 0 Å². The highest BCUT2D eigenvalue weighted by Crippen LogP contribution is 2.25. The number of tetrazole rings is 1. The van der Waals surface area contributed by atoms with Crippen LogP contribution in [0.3, 0.4) is 0 Å². The van der Waals surface area contributed by atoms with Crippen molar-refractivity contribution in [3.63, 3.8) is 0 Å². The largest absolute Gasteiger partial charge is 0.423 e. The molecule has 2 heterocycles. The maximum atomic E-state index is 5.73. The lowest BCUT2D eigenvalue weighted by molar-refractivity contribution is 0.523. The van der Waals surface area contributed by atoms with E-state index >= 15 is 0 Å². The van der Waals surface area contributed by atoms with Crippen LogP contribution < -0.4 is 5.32 Å². The summed E-state index contributed by atoms with van der Waals surface area (Å²) in [5.41, 5.74) is 4.60. The Morgan fingerprint density at radius 3 is 2.63 bits per heavy atom. The van der Waals surface area contributed by atoms with Crippen molar-refractivity contribution >= 4 is 38.7 Å². The molecule has 0 atom stereocenters. The van der Waals surface area contributed by atoms with Gasteiger partial charge in [-0.05, 0) is 47.5 Å². The second kappa shape index (κ2) is 8.08. The zero-order chi connectivity index (χ0) is 20.3. The van der Waals surface area contributed by atoms with Crippen molar-refractivity contribution in [2.24, 2.45) is 0 Å². The van der Waals surface area contributed by atoms with Crippen molar-refractivity contribution in [2.75, 3.05) is 5.32 Å². The number of hydrogen-bond acceptors (Lipinski definition) is 6. The molecule has 7 nitrogen and oxygen atoms in total. The number of benzene rings is 3. The van der Waals surface area contributed by atoms with Crippen molar-refractivity contribution < 1.29 is 4.42 Å². The van der Waals surface area contributed by atoms with Crippen molar-refractivity contribution in [1.29, 1.82) is 0 Å². The molecule has 0 unspecified atom stereocenters. The minimum absolute atomic E-state index is 0.469. The molecular weight excluding hydrogens is 444 g/mol. The molecule has 0 bridgehead atoms. The van der Waals surface area contributed by atoms with Gasteiger partial charge in [-0.1, -0.05) is 58.4 Å². The summed E-state index contributed by atoms with van der Waals surface area (Å²) in [6.07, 6.45) is 0.807. The molecule has 1 N–H and O–H groups in total. The van der Waals surface area contributed by atoms with Gasteiger partial charge >= 0.3 is 0 Å². The average Bonchev–Trinajstić information content (AvgIpc) is 3.40. The van der Waals surface area contributed by atoms with Crippen LogP contribution in [0.4, 0.5) is 11.7 Å². The lowest BCUT2D eigenvalue weighted by Gasteiger charge is -2.04. The van der Waals surface area contributed by atoms with E-state index in [0.717, 1.165) is 33.2 Å². The third-order valence-electron chi connectivity index (χ3n) is 4.64. The number of halogens is 1. The van der Waals surface area contributed by atoms with Crippen LogP contribution in [0.25, 0.3) is 22.5 Å². The van der Waals surface area contributed by atoms with Crippen LogP contribution in [0.2, 0.25) is 0 Å². The summed E-state index contributed by atoms with van der Waals surface area (Å²) < 4.78 is 6.70. The molecule has 8 heteroatoms. The molecule has 0 aliphatic rings. The first kappa shape index (κ1) is 18.5. The van der Waals surface area contributed by atoms with Crippen molar-refractivity contribution in [3.05, 3.63) is 82.8 Å². The molecule has 148 valence electrons. The van der Waals surface area contributed by atoms with Crippen molar-refractivity contribution in [2.45, 2.75) is 13.0 Å². The van der Waals surface area contributed by atoms with E-state index in [1.54, 1.807) is 4.80 Å². The predicted molar refractivity (Wildman–Crippen MR) is 118 cm³/mol. The Balaban J connectivity index is 1.21. The van der Waals surface area contributed by atoms with Crippen LogP contribution in [0.5, 0.6) is 0 Å². The number of nitrogens with zero attached hydrogens (tertiary/aromatic N) is 5. The van der Waals surface area contributed by atoms with Gasteiger partial charge in [0, 0.05) is 15.7 Å². The Kier molecular flexibility index (Phi) is 4.98. The van der Waals surface area contributed by atoms with Crippen LogP contribution >= 0.6 is 15.9 Å². The zero-order valence-corrected chi connectivity index (χ0v) is 17.5. The van der Waals surface area contributed by atoms with E-state index in [1.165, 1.54) is 5.56 Å². The zero-order valence-electron chi connectivity index (χ0n) is 15.9. The molecule has 0 radical (unpaired) electrons. The molecule has 5 rings (SSSR count). The number of hydrogen-bond donors (Lipinski definition) is 1. The Bertz CT molecular complexity index is 1280. The van der Waals surface area contributed by atoms with Crippen LogP contribution in [0.15, 0.2) is 81.7 Å². The van der Waals surface area contributed by atoms with Gasteiger partial charge in [0.25, 0.3) is 6.01 Å². The van der Waals surface area contributed by atoms with Crippen LogP contribution in [-0.4, -0.2) is 25.2 Å². The van der Waals surface area contributed by atoms with Crippen LogP contribution in [0.1, 0.15) is 5.56 Å². The van der Waals surface area contributed by atoms with E-state index in [2.05, 4.69) is 53.8 Å². The summed E-state index contributed by atoms with van der Waals surface area (Å²) in [6.45, 7) is 0.659. The topological polar surface area (TPSA) is 81.7 Å². The molecular formula is C22H17BrN6O. The fourth-order valence-corrected chi connectivity index (χ4v) is 3.45. The lowest BCUT2D eigenvalue weighted by atomic mass is 10.1. The molecule has 30 heavy (non-hydrogen) atoms. The normalized spacial score (nSPS) is 11.1. The van der Waals surface area contributed by atoms with Crippen molar-refractivity contribution in [1.82, 2.24) is 25.2 Å². The van der Waals surface area contributed by atoms with Gasteiger partial charge in [-0.3, -0.25) is 0 Å². The highest BCUT2D eigenvalue weighted by molar-refractivity contribution is 9.10. The first-order valence-electron chi connectivity index (χ1n) is 9.48. The molecule has 0 saturated heterocycles. The van der Waals surface area contributed by atoms with Crippen molar-refractivity contribution in [3.8, 4) is 11.4 Å². The number of oxazole rings is 1. The highest BCUT2D eigenvalue weighted by Gasteiger charge is 2.07. The van der Waals surface area contributed by atoms with E-state index in [1.807, 2.05) is 60.7 Å². The maximum Gasteiger partial charge on any atom is 0.300 e. The average molecular weight is 461 g/mol. The van der Waals surface area contributed by atoms with E-state index in [0.29, 0.717) is 18.4 Å². The highest BCUT2D eigenvalue weighted by atomic mass is 79.9. The quantitative estimate of drug-likeness (QED) is 0.373. The maximum absolute atomic E-state index is 5.73. The Morgan fingerprint density at radius 2 is 1.80 bits per heavy atom. The number of aryl methyl sites for hydroxylation is 2. The second-order valence-electron chi connectivity index (χ2n) is 6.78. The molecule has 2 aromatic heterocycles. The number of rotatable bonds is 6. The summed E-state index contributed by atoms with van der Waals surface area (Å²) in [7, 11) is 0. The molecule has 0 aliphatic carbocycles. The summed E-state index contributed by atoms with van der Waals surface area (Å²) in [6, 6.07) is 24.2. The standard InChI is InChI=1S/C22H17BrN6O/c23-17-8-11-20-19(14-17)25-22(30-20)24-18-9-6-15(7-10-18)12-13-29-27-21(26-28-29)16-4-2-1-3-5-16/h1-11,14H,12-13H2,(H,24,25). The minimum Gasteiger partial charge on any atom is -0.423 e. The Morgan fingerprint density at radius 1 is 0.967 bits per heavy atom. The van der Waals surface area contributed by atoms with E-state index in [9.17, 15) is 0 Å².